The predicted molar refractivity (Wildman–Crippen MR) is 113 cm³/mol. The van der Waals surface area contributed by atoms with Crippen molar-refractivity contribution in [1.82, 2.24) is 4.90 Å². The summed E-state index contributed by atoms with van der Waals surface area (Å²) in [5, 5.41) is 0. The average Bonchev–Trinajstić information content (AvgIpc) is 2.68. The van der Waals surface area contributed by atoms with Crippen molar-refractivity contribution in [3.05, 3.63) is 29.8 Å². The number of hydrogen-bond acceptors (Lipinski definition) is 5. The highest BCUT2D eigenvalue weighted by molar-refractivity contribution is 5.72. The topological polar surface area (TPSA) is 59.1 Å². The number of carbonyl (C=O) groups is 2. The lowest BCUT2D eigenvalue weighted by molar-refractivity contribution is -0.139. The van der Waals surface area contributed by atoms with Gasteiger partial charge in [0, 0.05) is 31.9 Å². The van der Waals surface area contributed by atoms with Crippen molar-refractivity contribution in [1.29, 1.82) is 0 Å². The second kappa shape index (κ2) is 8.64. The molecule has 0 aliphatic carbocycles. The van der Waals surface area contributed by atoms with Crippen LogP contribution >= 0.6 is 0 Å². The Hall–Kier alpha value is -2.24. The van der Waals surface area contributed by atoms with Gasteiger partial charge >= 0.3 is 12.1 Å². The van der Waals surface area contributed by atoms with Gasteiger partial charge in [-0.15, -0.1) is 0 Å². The number of likely N-dealkylation sites (tertiary alicyclic amines) is 1. The second-order valence-electron chi connectivity index (χ2n) is 9.37. The molecule has 0 bridgehead atoms. The second-order valence-corrected chi connectivity index (χ2v) is 9.37. The van der Waals surface area contributed by atoms with Gasteiger partial charge < -0.3 is 19.3 Å². The third-order valence-electron chi connectivity index (χ3n) is 6.18. The maximum atomic E-state index is 12.3. The number of nitrogens with zero attached hydrogens (tertiary/aromatic N) is 2. The van der Waals surface area contributed by atoms with E-state index in [1.807, 2.05) is 37.8 Å². The fraction of sp³-hybridized carbons (Fsp3) is 0.652. The normalized spacial score (nSPS) is 19.2. The summed E-state index contributed by atoms with van der Waals surface area (Å²) >= 11 is 0. The summed E-state index contributed by atoms with van der Waals surface area (Å²) in [4.78, 5) is 28.0. The molecular weight excluding hydrogens is 368 g/mol. The predicted octanol–water partition coefficient (Wildman–Crippen LogP) is 4.02. The van der Waals surface area contributed by atoms with Crippen LogP contribution in [-0.2, 0) is 20.7 Å². The Morgan fingerprint density at radius 2 is 1.52 bits per heavy atom. The summed E-state index contributed by atoms with van der Waals surface area (Å²) in [6.07, 6.45) is 4.54. The molecule has 29 heavy (non-hydrogen) atoms. The Morgan fingerprint density at radius 1 is 0.966 bits per heavy atom. The van der Waals surface area contributed by atoms with Gasteiger partial charge in [0.15, 0.2) is 0 Å². The van der Waals surface area contributed by atoms with Gasteiger partial charge in [0.2, 0.25) is 0 Å². The molecule has 1 spiro atoms. The van der Waals surface area contributed by atoms with Crippen LogP contribution in [0.5, 0.6) is 0 Å². The van der Waals surface area contributed by atoms with E-state index in [0.717, 1.165) is 57.4 Å². The molecule has 0 unspecified atom stereocenters. The van der Waals surface area contributed by atoms with Gasteiger partial charge in [-0.05, 0) is 69.6 Å². The molecule has 0 radical (unpaired) electrons. The number of rotatable bonds is 3. The number of esters is 1. The zero-order valence-electron chi connectivity index (χ0n) is 18.2. The first-order valence-corrected chi connectivity index (χ1v) is 10.6. The number of benzene rings is 1. The number of amides is 1. The van der Waals surface area contributed by atoms with Crippen LogP contribution in [0.15, 0.2) is 24.3 Å². The molecule has 2 aliphatic heterocycles. The summed E-state index contributed by atoms with van der Waals surface area (Å²) in [7, 11) is 1.41. The highest BCUT2D eigenvalue weighted by atomic mass is 16.6. The number of ether oxygens (including phenoxy) is 2. The molecule has 0 N–H and O–H groups in total. The van der Waals surface area contributed by atoms with Crippen LogP contribution < -0.4 is 4.90 Å². The molecule has 160 valence electrons. The number of methoxy groups -OCH3 is 1. The van der Waals surface area contributed by atoms with Crippen molar-refractivity contribution in [3.63, 3.8) is 0 Å². The lowest BCUT2D eigenvalue weighted by Crippen LogP contribution is -2.49. The Kier molecular flexibility index (Phi) is 6.39. The summed E-state index contributed by atoms with van der Waals surface area (Å²) in [5.74, 6) is -0.213. The van der Waals surface area contributed by atoms with E-state index in [0.29, 0.717) is 11.8 Å². The number of hydrogen-bond donors (Lipinski definition) is 0. The molecule has 0 aromatic heterocycles. The van der Waals surface area contributed by atoms with Crippen LogP contribution in [0.3, 0.4) is 0 Å². The Labute approximate surface area is 174 Å². The van der Waals surface area contributed by atoms with Crippen molar-refractivity contribution in [3.8, 4) is 0 Å². The lowest BCUT2D eigenvalue weighted by Gasteiger charge is -2.47. The van der Waals surface area contributed by atoms with E-state index in [4.69, 9.17) is 9.47 Å². The van der Waals surface area contributed by atoms with E-state index < -0.39 is 5.60 Å². The van der Waals surface area contributed by atoms with Crippen LogP contribution in [0.2, 0.25) is 0 Å². The van der Waals surface area contributed by atoms with Crippen LogP contribution in [-0.4, -0.2) is 55.9 Å². The van der Waals surface area contributed by atoms with Crippen molar-refractivity contribution in [2.24, 2.45) is 5.41 Å². The van der Waals surface area contributed by atoms with Gasteiger partial charge in [-0.2, -0.15) is 0 Å². The van der Waals surface area contributed by atoms with E-state index in [-0.39, 0.29) is 12.1 Å². The van der Waals surface area contributed by atoms with Crippen LogP contribution in [0.1, 0.15) is 52.0 Å². The minimum atomic E-state index is -0.441. The fourth-order valence-electron chi connectivity index (χ4n) is 4.29. The molecule has 1 aromatic rings. The SMILES string of the molecule is COC(=O)Cc1ccc(N2CCC3(CCN(C(=O)OC(C)(C)C)CC3)CC2)cc1. The van der Waals surface area contributed by atoms with Gasteiger partial charge in [0.05, 0.1) is 13.5 Å². The molecule has 2 heterocycles. The molecule has 1 aromatic carbocycles. The molecule has 3 rings (SSSR count). The molecule has 0 atom stereocenters. The van der Waals surface area contributed by atoms with Crippen LogP contribution in [0, 0.1) is 5.41 Å². The maximum Gasteiger partial charge on any atom is 0.410 e. The van der Waals surface area contributed by atoms with Gasteiger partial charge in [-0.1, -0.05) is 12.1 Å². The first-order chi connectivity index (χ1) is 13.7. The molecule has 6 nitrogen and oxygen atoms in total. The first kappa shape index (κ1) is 21.5. The fourth-order valence-corrected chi connectivity index (χ4v) is 4.29. The van der Waals surface area contributed by atoms with Gasteiger partial charge in [0.25, 0.3) is 0 Å². The van der Waals surface area contributed by atoms with E-state index in [2.05, 4.69) is 17.0 Å². The van der Waals surface area contributed by atoms with Crippen LogP contribution in [0.4, 0.5) is 10.5 Å². The standard InChI is InChI=1S/C23H34N2O4/c1-22(2,3)29-21(27)25-15-11-23(12-16-25)9-13-24(14-10-23)19-7-5-18(6-8-19)17-20(26)28-4/h5-8H,9-17H2,1-4H3. The summed E-state index contributed by atoms with van der Waals surface area (Å²) < 4.78 is 10.2. The summed E-state index contributed by atoms with van der Waals surface area (Å²) in [6, 6.07) is 8.22. The maximum absolute atomic E-state index is 12.3. The molecular formula is C23H34N2O4. The monoisotopic (exact) mass is 402 g/mol. The Morgan fingerprint density at radius 3 is 2.03 bits per heavy atom. The zero-order chi connectivity index (χ0) is 21.1. The van der Waals surface area contributed by atoms with Gasteiger partial charge in [-0.25, -0.2) is 4.79 Å². The summed E-state index contributed by atoms with van der Waals surface area (Å²) in [5.41, 5.74) is 2.09. The Balaban J connectivity index is 1.49. The van der Waals surface area contributed by atoms with Crippen molar-refractivity contribution < 1.29 is 19.1 Å². The van der Waals surface area contributed by atoms with E-state index in [9.17, 15) is 9.59 Å². The van der Waals surface area contributed by atoms with Crippen molar-refractivity contribution >= 4 is 17.7 Å². The molecule has 2 saturated heterocycles. The van der Waals surface area contributed by atoms with Gasteiger partial charge in [0.1, 0.15) is 5.60 Å². The lowest BCUT2D eigenvalue weighted by atomic mass is 9.71. The largest absolute Gasteiger partial charge is 0.469 e. The van der Waals surface area contributed by atoms with Crippen molar-refractivity contribution in [2.75, 3.05) is 38.2 Å². The molecule has 2 fully saturated rings. The molecule has 1 amide bonds. The van der Waals surface area contributed by atoms with E-state index in [1.54, 1.807) is 0 Å². The molecule has 0 saturated carbocycles. The van der Waals surface area contributed by atoms with Crippen LogP contribution in [0.25, 0.3) is 0 Å². The minimum Gasteiger partial charge on any atom is -0.469 e. The summed E-state index contributed by atoms with van der Waals surface area (Å²) in [6.45, 7) is 9.37. The highest BCUT2D eigenvalue weighted by Crippen LogP contribution is 2.42. The number of carbonyl (C=O) groups excluding carboxylic acids is 2. The minimum absolute atomic E-state index is 0.183. The average molecular weight is 403 g/mol. The smallest absolute Gasteiger partial charge is 0.410 e. The quantitative estimate of drug-likeness (QED) is 0.715. The first-order valence-electron chi connectivity index (χ1n) is 10.6. The van der Waals surface area contributed by atoms with Gasteiger partial charge in [-0.3, -0.25) is 4.79 Å². The zero-order valence-corrected chi connectivity index (χ0v) is 18.2. The number of piperidine rings is 2. The highest BCUT2D eigenvalue weighted by Gasteiger charge is 2.39. The Bertz CT molecular complexity index is 705. The van der Waals surface area contributed by atoms with E-state index in [1.165, 1.54) is 12.8 Å². The molecule has 2 aliphatic rings. The van der Waals surface area contributed by atoms with Crippen molar-refractivity contribution in [2.45, 2.75) is 58.5 Å². The number of anilines is 1. The third-order valence-corrected chi connectivity index (χ3v) is 6.18. The third kappa shape index (κ3) is 5.64. The molecule has 6 heteroatoms. The van der Waals surface area contributed by atoms with E-state index >= 15 is 0 Å².